The Balaban J connectivity index is 2.19. The maximum Gasteiger partial charge on any atom is 0.229 e. The van der Waals surface area contributed by atoms with E-state index >= 15 is 0 Å². The lowest BCUT2D eigenvalue weighted by molar-refractivity contribution is 0.576. The molecule has 1 aromatic carbocycles. The molecule has 1 N–H and O–H groups in total. The Morgan fingerprint density at radius 3 is 2.52 bits per heavy atom. The monoisotopic (exact) mass is 375 g/mol. The maximum atomic E-state index is 11.5. The minimum Gasteiger partial charge on any atom is -0.284 e. The Kier molecular flexibility index (Phi) is 4.33. The molecule has 0 saturated carbocycles. The first-order valence-corrected chi connectivity index (χ1v) is 10.7. The summed E-state index contributed by atoms with van der Waals surface area (Å²) in [5.74, 6) is 0.607. The van der Waals surface area contributed by atoms with Crippen LogP contribution < -0.4 is 4.72 Å². The normalized spacial score (nSPS) is 12.5. The average Bonchev–Trinajstić information content (AvgIpc) is 2.85. The van der Waals surface area contributed by atoms with Gasteiger partial charge >= 0.3 is 0 Å². The molecule has 3 rings (SSSR count). The van der Waals surface area contributed by atoms with Gasteiger partial charge in [0.15, 0.2) is 5.82 Å². The summed E-state index contributed by atoms with van der Waals surface area (Å²) in [5, 5.41) is 2.10. The predicted molar refractivity (Wildman–Crippen MR) is 105 cm³/mol. The van der Waals surface area contributed by atoms with Gasteiger partial charge in [0.25, 0.3) is 0 Å². The van der Waals surface area contributed by atoms with Gasteiger partial charge in [0.05, 0.1) is 22.2 Å². The second kappa shape index (κ2) is 6.07. The van der Waals surface area contributed by atoms with E-state index < -0.39 is 10.0 Å². The summed E-state index contributed by atoms with van der Waals surface area (Å²) in [6.07, 6.45) is 1.13. The predicted octanol–water partition coefficient (Wildman–Crippen LogP) is 4.34. The number of benzene rings is 1. The van der Waals surface area contributed by atoms with E-state index in [9.17, 15) is 8.42 Å². The Hall–Kier alpha value is -1.99. The Labute approximate surface area is 152 Å². The summed E-state index contributed by atoms with van der Waals surface area (Å²) in [7, 11) is -3.33. The maximum absolute atomic E-state index is 11.5. The third-order valence-corrected chi connectivity index (χ3v) is 5.43. The molecule has 0 aliphatic rings. The number of fused-ring (bicyclic) bond motifs is 1. The summed E-state index contributed by atoms with van der Waals surface area (Å²) in [6, 6.07) is 7.16. The van der Waals surface area contributed by atoms with Crippen LogP contribution in [0.2, 0.25) is 0 Å². The van der Waals surface area contributed by atoms with Crippen molar-refractivity contribution in [3.05, 3.63) is 40.9 Å². The molecule has 3 aromatic rings. The van der Waals surface area contributed by atoms with Crippen molar-refractivity contribution >= 4 is 37.3 Å². The van der Waals surface area contributed by atoms with Crippen molar-refractivity contribution in [1.29, 1.82) is 0 Å². The number of aryl methyl sites for hydroxylation is 1. The molecule has 0 fully saturated rings. The van der Waals surface area contributed by atoms with Gasteiger partial charge in [-0.05, 0) is 30.0 Å². The Morgan fingerprint density at radius 1 is 1.16 bits per heavy atom. The molecule has 25 heavy (non-hydrogen) atoms. The smallest absolute Gasteiger partial charge is 0.229 e. The van der Waals surface area contributed by atoms with Gasteiger partial charge in [-0.1, -0.05) is 32.9 Å². The summed E-state index contributed by atoms with van der Waals surface area (Å²) < 4.78 is 26.6. The molecule has 0 aliphatic carbocycles. The van der Waals surface area contributed by atoms with Crippen molar-refractivity contribution in [3.8, 4) is 11.4 Å². The summed E-state index contributed by atoms with van der Waals surface area (Å²) in [5.41, 5.74) is 4.26. The van der Waals surface area contributed by atoms with E-state index in [4.69, 9.17) is 9.97 Å². The fraction of sp³-hybridized carbons (Fsp3) is 0.333. The van der Waals surface area contributed by atoms with E-state index in [2.05, 4.69) is 30.9 Å². The van der Waals surface area contributed by atoms with E-state index in [1.165, 1.54) is 0 Å². The third-order valence-electron chi connectivity index (χ3n) is 3.73. The van der Waals surface area contributed by atoms with E-state index in [-0.39, 0.29) is 5.41 Å². The lowest BCUT2D eigenvalue weighted by atomic mass is 9.91. The second-order valence-electron chi connectivity index (χ2n) is 7.20. The van der Waals surface area contributed by atoms with Crippen molar-refractivity contribution in [1.82, 2.24) is 9.97 Å². The van der Waals surface area contributed by atoms with Crippen LogP contribution in [0.4, 0.5) is 5.69 Å². The Bertz CT molecular complexity index is 1050. The van der Waals surface area contributed by atoms with E-state index in [0.29, 0.717) is 11.5 Å². The van der Waals surface area contributed by atoms with Gasteiger partial charge in [0.2, 0.25) is 10.0 Å². The van der Waals surface area contributed by atoms with Gasteiger partial charge in [-0.3, -0.25) is 4.72 Å². The largest absolute Gasteiger partial charge is 0.284 e. The zero-order chi connectivity index (χ0) is 18.4. The lowest BCUT2D eigenvalue weighted by Gasteiger charge is -2.19. The van der Waals surface area contributed by atoms with Crippen LogP contribution in [0.15, 0.2) is 29.6 Å². The fourth-order valence-electron chi connectivity index (χ4n) is 2.61. The topological polar surface area (TPSA) is 72.0 Å². The highest BCUT2D eigenvalue weighted by Crippen LogP contribution is 2.35. The molecular formula is C18H21N3O2S2. The number of nitrogens with zero attached hydrogens (tertiary/aromatic N) is 2. The van der Waals surface area contributed by atoms with Crippen LogP contribution in [-0.2, 0) is 15.4 Å². The molecule has 0 atom stereocenters. The zero-order valence-electron chi connectivity index (χ0n) is 14.9. The van der Waals surface area contributed by atoms with E-state index in [1.54, 1.807) is 29.5 Å². The first kappa shape index (κ1) is 17.8. The van der Waals surface area contributed by atoms with E-state index in [1.807, 2.05) is 13.0 Å². The molecule has 5 nitrogen and oxygen atoms in total. The number of hydrogen-bond acceptors (Lipinski definition) is 5. The molecule has 0 radical (unpaired) electrons. The molecule has 0 saturated heterocycles. The van der Waals surface area contributed by atoms with Crippen molar-refractivity contribution in [2.24, 2.45) is 0 Å². The van der Waals surface area contributed by atoms with Gasteiger partial charge < -0.3 is 0 Å². The summed E-state index contributed by atoms with van der Waals surface area (Å²) >= 11 is 1.67. The van der Waals surface area contributed by atoms with Gasteiger partial charge in [-0.15, -0.1) is 11.3 Å². The number of hydrogen-bond donors (Lipinski definition) is 1. The molecule has 2 heterocycles. The molecular weight excluding hydrogens is 354 g/mol. The third kappa shape index (κ3) is 3.82. The van der Waals surface area contributed by atoms with Crippen LogP contribution in [0.5, 0.6) is 0 Å². The number of sulfonamides is 1. The number of thiophene rings is 1. The van der Waals surface area contributed by atoms with Crippen LogP contribution in [0.3, 0.4) is 0 Å². The molecule has 7 heteroatoms. The number of nitrogens with one attached hydrogen (secondary N) is 1. The van der Waals surface area contributed by atoms with Crippen LogP contribution >= 0.6 is 11.3 Å². The van der Waals surface area contributed by atoms with Gasteiger partial charge in [-0.2, -0.15) is 0 Å². The first-order chi connectivity index (χ1) is 11.5. The molecule has 0 bridgehead atoms. The SMILES string of the molecule is Cc1csc2c(C(C)(C)C)nc(-c3cccc(NS(C)(=O)=O)c3)nc12. The number of aromatic nitrogens is 2. The van der Waals surface area contributed by atoms with Crippen molar-refractivity contribution in [3.63, 3.8) is 0 Å². The Morgan fingerprint density at radius 2 is 1.88 bits per heavy atom. The highest BCUT2D eigenvalue weighted by Gasteiger charge is 2.23. The number of anilines is 1. The van der Waals surface area contributed by atoms with Crippen LogP contribution in [0.25, 0.3) is 21.6 Å². The van der Waals surface area contributed by atoms with Crippen LogP contribution in [0.1, 0.15) is 32.0 Å². The zero-order valence-corrected chi connectivity index (χ0v) is 16.5. The molecule has 0 unspecified atom stereocenters. The van der Waals surface area contributed by atoms with Crippen LogP contribution in [0, 0.1) is 6.92 Å². The second-order valence-corrected chi connectivity index (χ2v) is 9.83. The average molecular weight is 376 g/mol. The highest BCUT2D eigenvalue weighted by atomic mass is 32.2. The first-order valence-electron chi connectivity index (χ1n) is 7.89. The molecule has 2 aromatic heterocycles. The molecule has 132 valence electrons. The van der Waals surface area contributed by atoms with Gasteiger partial charge in [0, 0.05) is 16.7 Å². The molecule has 0 aliphatic heterocycles. The minimum absolute atomic E-state index is 0.115. The van der Waals surface area contributed by atoms with E-state index in [0.717, 1.165) is 33.3 Å². The van der Waals surface area contributed by atoms with Crippen LogP contribution in [-0.4, -0.2) is 24.6 Å². The van der Waals surface area contributed by atoms with Gasteiger partial charge in [0.1, 0.15) is 0 Å². The standard InChI is InChI=1S/C18H21N3O2S2/c1-11-10-24-15-14(11)19-17(20-16(15)18(2,3)4)12-7-6-8-13(9-12)21-25(5,22)23/h6-10,21H,1-5H3. The summed E-state index contributed by atoms with van der Waals surface area (Å²) in [6.45, 7) is 8.45. The summed E-state index contributed by atoms with van der Waals surface area (Å²) in [4.78, 5) is 9.55. The quantitative estimate of drug-likeness (QED) is 0.739. The minimum atomic E-state index is -3.33. The highest BCUT2D eigenvalue weighted by molar-refractivity contribution is 7.92. The van der Waals surface area contributed by atoms with Gasteiger partial charge in [-0.25, -0.2) is 18.4 Å². The van der Waals surface area contributed by atoms with Crippen molar-refractivity contribution in [2.75, 3.05) is 11.0 Å². The molecule has 0 amide bonds. The lowest BCUT2D eigenvalue weighted by Crippen LogP contribution is -2.15. The molecule has 0 spiro atoms. The fourth-order valence-corrected chi connectivity index (χ4v) is 4.35. The number of rotatable bonds is 3. The van der Waals surface area contributed by atoms with Crippen molar-refractivity contribution in [2.45, 2.75) is 33.1 Å². The van der Waals surface area contributed by atoms with Crippen molar-refractivity contribution < 1.29 is 8.42 Å².